The highest BCUT2D eigenvalue weighted by Crippen LogP contribution is 2.12. The van der Waals surface area contributed by atoms with E-state index < -0.39 is 0 Å². The Labute approximate surface area is 66.2 Å². The lowest BCUT2D eigenvalue weighted by molar-refractivity contribution is 1.30. The molecule has 0 aliphatic heterocycles. The lowest BCUT2D eigenvalue weighted by Gasteiger charge is -1.87. The first kappa shape index (κ1) is 6.29. The molecule has 8 heavy (non-hydrogen) atoms. The highest BCUT2D eigenvalue weighted by Gasteiger charge is 1.90. The maximum absolute atomic E-state index is 5.57. The zero-order valence-corrected chi connectivity index (χ0v) is 6.77. The fraction of sp³-hybridized carbons (Fsp3) is 0. The Hall–Kier alpha value is 0.170. The lowest BCUT2D eigenvalue weighted by atomic mass is 10.5. The molecular formula is C5H2ClIN. The SMILES string of the molecule is Clc1nc[c]cc1I. The predicted octanol–water partition coefficient (Wildman–Crippen LogP) is 2.14. The number of nitrogens with zero attached hydrogens (tertiary/aromatic N) is 1. The van der Waals surface area contributed by atoms with Gasteiger partial charge in [-0.3, -0.25) is 0 Å². The molecule has 1 aromatic heterocycles. The van der Waals surface area contributed by atoms with Gasteiger partial charge >= 0.3 is 0 Å². The van der Waals surface area contributed by atoms with Crippen molar-refractivity contribution in [1.29, 1.82) is 0 Å². The normalized spacial score (nSPS) is 9.25. The van der Waals surface area contributed by atoms with E-state index in [1.54, 1.807) is 12.3 Å². The van der Waals surface area contributed by atoms with Gasteiger partial charge in [0.2, 0.25) is 0 Å². The minimum atomic E-state index is 0.546. The van der Waals surface area contributed by atoms with E-state index in [0.717, 1.165) is 3.57 Å². The number of pyridine rings is 1. The van der Waals surface area contributed by atoms with Crippen LogP contribution in [-0.2, 0) is 0 Å². The number of halogens is 2. The van der Waals surface area contributed by atoms with Crippen LogP contribution in [0.25, 0.3) is 0 Å². The van der Waals surface area contributed by atoms with Gasteiger partial charge in [0, 0.05) is 12.3 Å². The Morgan fingerprint density at radius 3 is 2.88 bits per heavy atom. The summed E-state index contributed by atoms with van der Waals surface area (Å²) in [7, 11) is 0. The van der Waals surface area contributed by atoms with Crippen molar-refractivity contribution in [3.63, 3.8) is 0 Å². The monoisotopic (exact) mass is 238 g/mol. The molecule has 0 saturated carbocycles. The van der Waals surface area contributed by atoms with Gasteiger partial charge < -0.3 is 0 Å². The first-order valence-electron chi connectivity index (χ1n) is 1.98. The molecule has 41 valence electrons. The molecule has 1 rings (SSSR count). The van der Waals surface area contributed by atoms with E-state index in [4.69, 9.17) is 11.6 Å². The van der Waals surface area contributed by atoms with E-state index in [2.05, 4.69) is 33.6 Å². The Morgan fingerprint density at radius 1 is 1.75 bits per heavy atom. The van der Waals surface area contributed by atoms with Crippen LogP contribution in [0.2, 0.25) is 5.15 Å². The molecule has 0 atom stereocenters. The third kappa shape index (κ3) is 1.32. The zero-order chi connectivity index (χ0) is 5.98. The minimum absolute atomic E-state index is 0.546. The third-order valence-corrected chi connectivity index (χ3v) is 2.10. The van der Waals surface area contributed by atoms with Crippen LogP contribution in [0.4, 0.5) is 0 Å². The van der Waals surface area contributed by atoms with Crippen LogP contribution >= 0.6 is 34.2 Å². The summed E-state index contributed by atoms with van der Waals surface area (Å²) in [5.74, 6) is 0. The molecule has 1 heterocycles. The van der Waals surface area contributed by atoms with Crippen molar-refractivity contribution in [1.82, 2.24) is 4.98 Å². The molecule has 0 unspecified atom stereocenters. The van der Waals surface area contributed by atoms with Crippen LogP contribution in [-0.4, -0.2) is 4.98 Å². The highest BCUT2D eigenvalue weighted by atomic mass is 127. The van der Waals surface area contributed by atoms with Crippen LogP contribution < -0.4 is 0 Å². The molecule has 0 bridgehead atoms. The van der Waals surface area contributed by atoms with Crippen molar-refractivity contribution >= 4 is 34.2 Å². The second kappa shape index (κ2) is 2.64. The molecule has 0 fully saturated rings. The van der Waals surface area contributed by atoms with Crippen LogP contribution in [0, 0.1) is 9.64 Å². The van der Waals surface area contributed by atoms with Gasteiger partial charge in [-0.15, -0.1) is 0 Å². The molecule has 1 aromatic rings. The van der Waals surface area contributed by atoms with Crippen LogP contribution in [0.15, 0.2) is 12.3 Å². The maximum atomic E-state index is 5.57. The van der Waals surface area contributed by atoms with E-state index in [-0.39, 0.29) is 0 Å². The summed E-state index contributed by atoms with van der Waals surface area (Å²) in [5, 5.41) is 0.546. The van der Waals surface area contributed by atoms with E-state index in [0.29, 0.717) is 5.15 Å². The number of aromatic nitrogens is 1. The standard InChI is InChI=1S/C5H2ClIN/c6-5-4(7)2-1-3-8-5/h2-3H. The fourth-order valence-electron chi connectivity index (χ4n) is 0.326. The molecular weight excluding hydrogens is 236 g/mol. The van der Waals surface area contributed by atoms with Crippen molar-refractivity contribution in [2.75, 3.05) is 0 Å². The second-order valence-corrected chi connectivity index (χ2v) is 2.73. The molecule has 3 heteroatoms. The Kier molecular flexibility index (Phi) is 2.08. The first-order chi connectivity index (χ1) is 3.80. The van der Waals surface area contributed by atoms with Crippen molar-refractivity contribution in [3.05, 3.63) is 27.1 Å². The van der Waals surface area contributed by atoms with Gasteiger partial charge in [0.1, 0.15) is 5.15 Å². The molecule has 0 N–H and O–H groups in total. The van der Waals surface area contributed by atoms with Gasteiger partial charge in [-0.2, -0.15) is 0 Å². The molecule has 0 aromatic carbocycles. The molecule has 0 aliphatic carbocycles. The van der Waals surface area contributed by atoms with Gasteiger partial charge in [0.05, 0.1) is 3.57 Å². The highest BCUT2D eigenvalue weighted by molar-refractivity contribution is 14.1. The summed E-state index contributed by atoms with van der Waals surface area (Å²) in [6, 6.07) is 4.59. The van der Waals surface area contributed by atoms with E-state index in [9.17, 15) is 0 Å². The van der Waals surface area contributed by atoms with Crippen LogP contribution in [0.5, 0.6) is 0 Å². The second-order valence-electron chi connectivity index (χ2n) is 1.21. The summed E-state index contributed by atoms with van der Waals surface area (Å²) in [5.41, 5.74) is 0. The predicted molar refractivity (Wildman–Crippen MR) is 40.8 cm³/mol. The van der Waals surface area contributed by atoms with Gasteiger partial charge in [0.25, 0.3) is 0 Å². The Balaban J connectivity index is 3.13. The molecule has 0 saturated heterocycles. The van der Waals surface area contributed by atoms with Gasteiger partial charge in [-0.1, -0.05) is 11.6 Å². The van der Waals surface area contributed by atoms with Crippen molar-refractivity contribution < 1.29 is 0 Å². The minimum Gasteiger partial charge on any atom is -0.243 e. The summed E-state index contributed by atoms with van der Waals surface area (Å²) in [6.45, 7) is 0. The molecule has 0 spiro atoms. The summed E-state index contributed by atoms with van der Waals surface area (Å²) >= 11 is 7.67. The van der Waals surface area contributed by atoms with Crippen molar-refractivity contribution in [2.45, 2.75) is 0 Å². The average molecular weight is 238 g/mol. The van der Waals surface area contributed by atoms with E-state index >= 15 is 0 Å². The van der Waals surface area contributed by atoms with E-state index in [1.807, 2.05) is 0 Å². The third-order valence-electron chi connectivity index (χ3n) is 0.660. The Morgan fingerprint density at radius 2 is 2.50 bits per heavy atom. The maximum Gasteiger partial charge on any atom is 0.142 e. The van der Waals surface area contributed by atoms with Crippen molar-refractivity contribution in [3.8, 4) is 0 Å². The van der Waals surface area contributed by atoms with Crippen molar-refractivity contribution in [2.24, 2.45) is 0 Å². The van der Waals surface area contributed by atoms with E-state index in [1.165, 1.54) is 0 Å². The first-order valence-corrected chi connectivity index (χ1v) is 3.43. The van der Waals surface area contributed by atoms with Gasteiger partial charge in [-0.05, 0) is 28.7 Å². The smallest absolute Gasteiger partial charge is 0.142 e. The van der Waals surface area contributed by atoms with Gasteiger partial charge in [0.15, 0.2) is 0 Å². The molecule has 1 radical (unpaired) electrons. The topological polar surface area (TPSA) is 12.9 Å². The summed E-state index contributed by atoms with van der Waals surface area (Å²) in [4.78, 5) is 3.78. The fourth-order valence-corrected chi connectivity index (χ4v) is 0.748. The number of hydrogen-bond acceptors (Lipinski definition) is 1. The quantitative estimate of drug-likeness (QED) is 0.498. The van der Waals surface area contributed by atoms with Crippen LogP contribution in [0.1, 0.15) is 0 Å². The molecule has 0 aliphatic rings. The summed E-state index contributed by atoms with van der Waals surface area (Å²) in [6.07, 6.45) is 1.55. The number of hydrogen-bond donors (Lipinski definition) is 0. The molecule has 1 nitrogen and oxygen atoms in total. The largest absolute Gasteiger partial charge is 0.243 e. The van der Waals surface area contributed by atoms with Crippen LogP contribution in [0.3, 0.4) is 0 Å². The zero-order valence-electron chi connectivity index (χ0n) is 3.86. The summed E-state index contributed by atoms with van der Waals surface area (Å²) < 4.78 is 0.937. The number of rotatable bonds is 0. The lowest BCUT2D eigenvalue weighted by Crippen LogP contribution is -1.75. The average Bonchev–Trinajstić information content (AvgIpc) is 1.77. The molecule has 0 amide bonds. The Bertz CT molecular complexity index is 169. The van der Waals surface area contributed by atoms with Gasteiger partial charge in [-0.25, -0.2) is 4.98 Å².